The largest absolute Gasteiger partial charge is 0.490 e. The van der Waals surface area contributed by atoms with Crippen molar-refractivity contribution in [3.05, 3.63) is 51.9 Å². The van der Waals surface area contributed by atoms with Crippen LogP contribution in [-0.2, 0) is 6.42 Å². The highest BCUT2D eigenvalue weighted by atomic mass is 32.1. The van der Waals surface area contributed by atoms with Crippen molar-refractivity contribution in [1.82, 2.24) is 14.5 Å². The summed E-state index contributed by atoms with van der Waals surface area (Å²) >= 11 is 1.61. The summed E-state index contributed by atoms with van der Waals surface area (Å²) in [7, 11) is 2.25. The minimum atomic E-state index is 0.0215. The SMILES string of the molecule is CN1[C@@H]2CC[C@H]1C[C@@H](Oc1ccc(-n3cnc4cc(CCC5CC5)sc4c3=O)cc1)C2. The van der Waals surface area contributed by atoms with E-state index in [9.17, 15) is 4.79 Å². The lowest BCUT2D eigenvalue weighted by Crippen LogP contribution is -2.43. The lowest BCUT2D eigenvalue weighted by Gasteiger charge is -2.36. The summed E-state index contributed by atoms with van der Waals surface area (Å²) in [4.78, 5) is 21.5. The molecule has 2 saturated heterocycles. The standard InChI is InChI=1S/C25H29N3O2S/c1-27-18-5-6-19(27)13-21(12-18)30-20-9-7-17(8-10-20)28-15-26-23-14-22(11-4-16-2-3-16)31-24(23)25(28)29/h7-10,14-16,18-19,21H,2-6,11-13H2,1H3/t18-,19+,21+. The van der Waals surface area contributed by atoms with Gasteiger partial charge in [0.1, 0.15) is 22.9 Å². The van der Waals surface area contributed by atoms with Gasteiger partial charge in [-0.25, -0.2) is 4.98 Å². The molecule has 0 unspecified atom stereocenters. The Labute approximate surface area is 186 Å². The Hall–Kier alpha value is -2.18. The number of piperidine rings is 1. The molecule has 5 nitrogen and oxygen atoms in total. The van der Waals surface area contributed by atoms with E-state index in [0.29, 0.717) is 18.2 Å². The van der Waals surface area contributed by atoms with Gasteiger partial charge in [0.05, 0.1) is 11.2 Å². The molecule has 3 aromatic rings. The highest BCUT2D eigenvalue weighted by Gasteiger charge is 2.39. The Kier molecular flexibility index (Phi) is 4.87. The van der Waals surface area contributed by atoms with Crippen molar-refractivity contribution in [2.75, 3.05) is 7.05 Å². The van der Waals surface area contributed by atoms with E-state index >= 15 is 0 Å². The predicted octanol–water partition coefficient (Wildman–Crippen LogP) is 4.79. The van der Waals surface area contributed by atoms with Gasteiger partial charge in [-0.3, -0.25) is 9.36 Å². The molecule has 2 bridgehead atoms. The molecule has 1 saturated carbocycles. The third kappa shape index (κ3) is 3.80. The fourth-order valence-corrected chi connectivity index (χ4v) is 6.41. The number of aryl methyl sites for hydroxylation is 1. The first kappa shape index (κ1) is 19.5. The Bertz CT molecular complexity index is 1130. The molecule has 6 heteroatoms. The van der Waals surface area contributed by atoms with Crippen LogP contribution < -0.4 is 10.3 Å². The zero-order valence-corrected chi connectivity index (χ0v) is 18.8. The number of benzene rings is 1. The molecule has 0 N–H and O–H groups in total. The average Bonchev–Trinajstić information content (AvgIpc) is 3.47. The summed E-state index contributed by atoms with van der Waals surface area (Å²) in [5, 5.41) is 0. The van der Waals surface area contributed by atoms with Crippen molar-refractivity contribution >= 4 is 21.6 Å². The molecule has 1 aliphatic carbocycles. The molecule has 0 amide bonds. The second-order valence-electron chi connectivity index (χ2n) is 9.58. The molecule has 0 radical (unpaired) electrons. The van der Waals surface area contributed by atoms with Crippen LogP contribution in [0.2, 0.25) is 0 Å². The van der Waals surface area contributed by atoms with Gasteiger partial charge < -0.3 is 9.64 Å². The molecule has 31 heavy (non-hydrogen) atoms. The van der Waals surface area contributed by atoms with Gasteiger partial charge in [0.2, 0.25) is 0 Å². The van der Waals surface area contributed by atoms with E-state index in [1.165, 1.54) is 37.0 Å². The van der Waals surface area contributed by atoms with E-state index in [2.05, 4.69) is 23.0 Å². The summed E-state index contributed by atoms with van der Waals surface area (Å²) in [5.41, 5.74) is 1.69. The fourth-order valence-electron chi connectivity index (χ4n) is 5.36. The number of hydrogen-bond acceptors (Lipinski definition) is 5. The first-order valence-electron chi connectivity index (χ1n) is 11.6. The smallest absolute Gasteiger partial charge is 0.275 e. The van der Waals surface area contributed by atoms with Crippen LogP contribution in [0.5, 0.6) is 5.75 Å². The predicted molar refractivity (Wildman–Crippen MR) is 124 cm³/mol. The highest BCUT2D eigenvalue weighted by Crippen LogP contribution is 2.36. The van der Waals surface area contributed by atoms with Crippen molar-refractivity contribution in [2.24, 2.45) is 5.92 Å². The maximum Gasteiger partial charge on any atom is 0.275 e. The molecule has 2 aliphatic heterocycles. The Balaban J connectivity index is 1.18. The van der Waals surface area contributed by atoms with Crippen LogP contribution in [0.15, 0.2) is 41.5 Å². The molecule has 6 rings (SSSR count). The Morgan fingerprint density at radius 1 is 1.10 bits per heavy atom. The summed E-state index contributed by atoms with van der Waals surface area (Å²) in [6, 6.07) is 11.3. The molecule has 3 aliphatic rings. The fraction of sp³-hybridized carbons (Fsp3) is 0.520. The normalized spacial score (nSPS) is 25.9. The van der Waals surface area contributed by atoms with Crippen LogP contribution in [0, 0.1) is 5.92 Å². The molecular weight excluding hydrogens is 406 g/mol. The topological polar surface area (TPSA) is 47.4 Å². The van der Waals surface area contributed by atoms with E-state index in [-0.39, 0.29) is 5.56 Å². The van der Waals surface area contributed by atoms with E-state index < -0.39 is 0 Å². The van der Waals surface area contributed by atoms with E-state index in [1.807, 2.05) is 24.3 Å². The second-order valence-corrected chi connectivity index (χ2v) is 10.7. The Morgan fingerprint density at radius 2 is 1.84 bits per heavy atom. The molecule has 2 aromatic heterocycles. The number of rotatable bonds is 6. The van der Waals surface area contributed by atoms with E-state index in [4.69, 9.17) is 4.74 Å². The van der Waals surface area contributed by atoms with Crippen LogP contribution in [0.1, 0.15) is 49.8 Å². The number of thiophene rings is 1. The minimum absolute atomic E-state index is 0.0215. The van der Waals surface area contributed by atoms with Crippen LogP contribution in [0.25, 0.3) is 15.9 Å². The summed E-state index contributed by atoms with van der Waals surface area (Å²) in [5.74, 6) is 1.79. The quantitative estimate of drug-likeness (QED) is 0.558. The number of nitrogens with zero attached hydrogens (tertiary/aromatic N) is 3. The van der Waals surface area contributed by atoms with Gasteiger partial charge in [-0.1, -0.05) is 12.8 Å². The van der Waals surface area contributed by atoms with Gasteiger partial charge in [-0.2, -0.15) is 0 Å². The highest BCUT2D eigenvalue weighted by molar-refractivity contribution is 7.18. The van der Waals surface area contributed by atoms with E-state index in [1.54, 1.807) is 22.2 Å². The zero-order chi connectivity index (χ0) is 20.9. The van der Waals surface area contributed by atoms with E-state index in [0.717, 1.165) is 46.8 Å². The van der Waals surface area contributed by atoms with Crippen molar-refractivity contribution in [3.8, 4) is 11.4 Å². The van der Waals surface area contributed by atoms with Gasteiger partial charge in [-0.15, -0.1) is 11.3 Å². The third-order valence-corrected chi connectivity index (χ3v) is 8.63. The number of ether oxygens (including phenoxy) is 1. The van der Waals surface area contributed by atoms with Crippen LogP contribution in [0.3, 0.4) is 0 Å². The minimum Gasteiger partial charge on any atom is -0.490 e. The average molecular weight is 436 g/mol. The lowest BCUT2D eigenvalue weighted by molar-refractivity contribution is 0.0662. The molecule has 0 spiro atoms. The van der Waals surface area contributed by atoms with Crippen molar-refractivity contribution in [1.29, 1.82) is 0 Å². The van der Waals surface area contributed by atoms with Crippen molar-refractivity contribution in [3.63, 3.8) is 0 Å². The van der Waals surface area contributed by atoms with Gasteiger partial charge >= 0.3 is 0 Å². The summed E-state index contributed by atoms with van der Waals surface area (Å²) < 4.78 is 8.72. The first-order valence-corrected chi connectivity index (χ1v) is 12.4. The van der Waals surface area contributed by atoms with Gasteiger partial charge in [0.15, 0.2) is 0 Å². The summed E-state index contributed by atoms with van der Waals surface area (Å²) in [6.07, 6.45) is 11.8. The number of aromatic nitrogens is 2. The zero-order valence-electron chi connectivity index (χ0n) is 18.0. The van der Waals surface area contributed by atoms with Gasteiger partial charge in [0.25, 0.3) is 5.56 Å². The second kappa shape index (κ2) is 7.75. The molecule has 162 valence electrons. The molecule has 4 heterocycles. The molecule has 3 atom stereocenters. The van der Waals surface area contributed by atoms with Crippen molar-refractivity contribution < 1.29 is 4.74 Å². The van der Waals surface area contributed by atoms with Gasteiger partial charge in [0, 0.05) is 17.0 Å². The monoisotopic (exact) mass is 435 g/mol. The van der Waals surface area contributed by atoms with Crippen molar-refractivity contribution in [2.45, 2.75) is 69.6 Å². The lowest BCUT2D eigenvalue weighted by atomic mass is 10.0. The van der Waals surface area contributed by atoms with Crippen LogP contribution >= 0.6 is 11.3 Å². The molecule has 3 fully saturated rings. The number of hydrogen-bond donors (Lipinski definition) is 0. The van der Waals surface area contributed by atoms with Crippen LogP contribution in [-0.4, -0.2) is 39.7 Å². The van der Waals surface area contributed by atoms with Gasteiger partial charge in [-0.05, 0) is 81.8 Å². The molecule has 1 aromatic carbocycles. The maximum absolute atomic E-state index is 13.1. The maximum atomic E-state index is 13.1. The summed E-state index contributed by atoms with van der Waals surface area (Å²) in [6.45, 7) is 0. The number of fused-ring (bicyclic) bond motifs is 3. The van der Waals surface area contributed by atoms with Crippen LogP contribution in [0.4, 0.5) is 0 Å². The third-order valence-electron chi connectivity index (χ3n) is 7.46. The molecular formula is C25H29N3O2S. The first-order chi connectivity index (χ1) is 15.1. The Morgan fingerprint density at radius 3 is 2.55 bits per heavy atom.